The Morgan fingerprint density at radius 1 is 1.33 bits per heavy atom. The molecule has 0 aliphatic carbocycles. The second kappa shape index (κ2) is 3.73. The molecule has 0 radical (unpaired) electrons. The van der Waals surface area contributed by atoms with Crippen LogP contribution in [-0.2, 0) is 0 Å². The minimum absolute atomic E-state index is 0.384. The van der Waals surface area contributed by atoms with Crippen LogP contribution < -0.4 is 4.74 Å². The average molecular weight is 207 g/mol. The summed E-state index contributed by atoms with van der Waals surface area (Å²) in [6.07, 6.45) is 0. The summed E-state index contributed by atoms with van der Waals surface area (Å²) < 4.78 is 23.4. The van der Waals surface area contributed by atoms with Gasteiger partial charge in [-0.25, -0.2) is 4.39 Å². The van der Waals surface area contributed by atoms with Crippen molar-refractivity contribution in [3.05, 3.63) is 35.8 Å². The summed E-state index contributed by atoms with van der Waals surface area (Å²) in [6.45, 7) is 1.79. The summed E-state index contributed by atoms with van der Waals surface area (Å²) in [6, 6.07) is 6.28. The molecule has 0 N–H and O–H groups in total. The number of aromatic nitrogens is 1. The van der Waals surface area contributed by atoms with Crippen LogP contribution in [0.15, 0.2) is 28.8 Å². The van der Waals surface area contributed by atoms with Crippen molar-refractivity contribution in [2.75, 3.05) is 7.11 Å². The number of nitrogens with zero attached hydrogens (tertiary/aromatic N) is 1. The summed E-state index contributed by atoms with van der Waals surface area (Å²) >= 11 is 0. The van der Waals surface area contributed by atoms with Crippen LogP contribution in [0, 0.1) is 12.7 Å². The average Bonchev–Trinajstić information content (AvgIpc) is 2.64. The number of rotatable bonds is 2. The maximum Gasteiger partial charge on any atom is 0.170 e. The second-order valence-corrected chi connectivity index (χ2v) is 3.18. The van der Waals surface area contributed by atoms with Crippen LogP contribution in [0.2, 0.25) is 0 Å². The summed E-state index contributed by atoms with van der Waals surface area (Å²) in [5.74, 6) is 0.519. The van der Waals surface area contributed by atoms with Gasteiger partial charge in [0.1, 0.15) is 11.6 Å². The summed E-state index contributed by atoms with van der Waals surface area (Å²) in [4.78, 5) is 0. The molecule has 3 nitrogen and oxygen atoms in total. The van der Waals surface area contributed by atoms with Gasteiger partial charge >= 0.3 is 0 Å². The number of benzene rings is 1. The van der Waals surface area contributed by atoms with Crippen LogP contribution in [0.4, 0.5) is 4.39 Å². The smallest absolute Gasteiger partial charge is 0.170 e. The van der Waals surface area contributed by atoms with Gasteiger partial charge in [-0.05, 0) is 19.1 Å². The Hall–Kier alpha value is -1.84. The van der Waals surface area contributed by atoms with Gasteiger partial charge in [0.05, 0.1) is 18.4 Å². The van der Waals surface area contributed by atoms with E-state index in [0.717, 1.165) is 5.69 Å². The molecule has 0 saturated carbocycles. The van der Waals surface area contributed by atoms with Gasteiger partial charge in [-0.15, -0.1) is 0 Å². The Kier molecular flexibility index (Phi) is 2.41. The molecular weight excluding hydrogens is 197 g/mol. The molecule has 1 aromatic carbocycles. The molecule has 2 rings (SSSR count). The standard InChI is InChI=1S/C11H10FNO2/c1-7-5-11(15-13-7)9-4-3-8(14-2)6-10(9)12/h3-6H,1-2H3. The second-order valence-electron chi connectivity index (χ2n) is 3.18. The molecule has 78 valence electrons. The molecule has 0 aliphatic rings. The molecule has 0 bridgehead atoms. The van der Waals surface area contributed by atoms with Crippen molar-refractivity contribution in [2.24, 2.45) is 0 Å². The third-order valence-electron chi connectivity index (χ3n) is 2.07. The Morgan fingerprint density at radius 3 is 2.67 bits per heavy atom. The van der Waals surface area contributed by atoms with Gasteiger partial charge in [0, 0.05) is 12.1 Å². The molecule has 15 heavy (non-hydrogen) atoms. The van der Waals surface area contributed by atoms with Crippen LogP contribution in [0.5, 0.6) is 5.75 Å². The number of hydrogen-bond donors (Lipinski definition) is 0. The first-order chi connectivity index (χ1) is 7.20. The van der Waals surface area contributed by atoms with Gasteiger partial charge in [0.15, 0.2) is 5.76 Å². The van der Waals surface area contributed by atoms with E-state index in [-0.39, 0.29) is 5.82 Å². The Bertz CT molecular complexity index is 479. The topological polar surface area (TPSA) is 35.3 Å². The zero-order chi connectivity index (χ0) is 10.8. The Balaban J connectivity index is 2.45. The van der Waals surface area contributed by atoms with Crippen LogP contribution in [0.1, 0.15) is 5.69 Å². The fraction of sp³-hybridized carbons (Fsp3) is 0.182. The van der Waals surface area contributed by atoms with Gasteiger partial charge in [0.25, 0.3) is 0 Å². The molecule has 1 aromatic heterocycles. The number of methoxy groups -OCH3 is 1. The van der Waals surface area contributed by atoms with Crippen molar-refractivity contribution < 1.29 is 13.7 Å². The minimum atomic E-state index is -0.384. The minimum Gasteiger partial charge on any atom is -0.497 e. The lowest BCUT2D eigenvalue weighted by Crippen LogP contribution is -1.86. The summed E-state index contributed by atoms with van der Waals surface area (Å²) in [5.41, 5.74) is 1.11. The fourth-order valence-electron chi connectivity index (χ4n) is 1.31. The third kappa shape index (κ3) is 1.83. The van der Waals surface area contributed by atoms with E-state index >= 15 is 0 Å². The molecule has 0 aliphatic heterocycles. The zero-order valence-corrected chi connectivity index (χ0v) is 8.45. The maximum absolute atomic E-state index is 13.6. The number of hydrogen-bond acceptors (Lipinski definition) is 3. The normalized spacial score (nSPS) is 10.3. The van der Waals surface area contributed by atoms with E-state index in [1.54, 1.807) is 25.1 Å². The Morgan fingerprint density at radius 2 is 2.13 bits per heavy atom. The van der Waals surface area contributed by atoms with E-state index in [4.69, 9.17) is 9.26 Å². The van der Waals surface area contributed by atoms with Crippen LogP contribution in [0.25, 0.3) is 11.3 Å². The van der Waals surface area contributed by atoms with Crippen LogP contribution in [0.3, 0.4) is 0 Å². The van der Waals surface area contributed by atoms with E-state index in [1.165, 1.54) is 13.2 Å². The number of halogens is 1. The SMILES string of the molecule is COc1ccc(-c2cc(C)no2)c(F)c1. The monoisotopic (exact) mass is 207 g/mol. The van der Waals surface area contributed by atoms with E-state index < -0.39 is 0 Å². The largest absolute Gasteiger partial charge is 0.497 e. The lowest BCUT2D eigenvalue weighted by Gasteiger charge is -2.01. The highest BCUT2D eigenvalue weighted by Gasteiger charge is 2.10. The first kappa shape index (κ1) is 9.71. The molecule has 4 heteroatoms. The lowest BCUT2D eigenvalue weighted by molar-refractivity contribution is 0.409. The van der Waals surface area contributed by atoms with E-state index in [2.05, 4.69) is 5.16 Å². The van der Waals surface area contributed by atoms with Crippen molar-refractivity contribution in [2.45, 2.75) is 6.92 Å². The van der Waals surface area contributed by atoms with Crippen molar-refractivity contribution >= 4 is 0 Å². The molecule has 0 fully saturated rings. The number of ether oxygens (including phenoxy) is 1. The predicted molar refractivity (Wildman–Crippen MR) is 53.2 cm³/mol. The first-order valence-electron chi connectivity index (χ1n) is 4.48. The van der Waals surface area contributed by atoms with Gasteiger partial charge in [-0.2, -0.15) is 0 Å². The van der Waals surface area contributed by atoms with Crippen molar-refractivity contribution in [1.82, 2.24) is 5.16 Å². The van der Waals surface area contributed by atoms with Gasteiger partial charge < -0.3 is 9.26 Å². The van der Waals surface area contributed by atoms with E-state index in [0.29, 0.717) is 17.1 Å². The molecular formula is C11H10FNO2. The molecule has 0 saturated heterocycles. The highest BCUT2D eigenvalue weighted by Crippen LogP contribution is 2.26. The number of aryl methyl sites for hydroxylation is 1. The van der Waals surface area contributed by atoms with Gasteiger partial charge in [0.2, 0.25) is 0 Å². The molecule has 0 atom stereocenters. The molecule has 0 amide bonds. The predicted octanol–water partition coefficient (Wildman–Crippen LogP) is 2.80. The first-order valence-corrected chi connectivity index (χ1v) is 4.48. The Labute approximate surface area is 86.5 Å². The van der Waals surface area contributed by atoms with Crippen LogP contribution >= 0.6 is 0 Å². The fourth-order valence-corrected chi connectivity index (χ4v) is 1.31. The van der Waals surface area contributed by atoms with E-state index in [9.17, 15) is 4.39 Å². The lowest BCUT2D eigenvalue weighted by atomic mass is 10.1. The third-order valence-corrected chi connectivity index (χ3v) is 2.07. The van der Waals surface area contributed by atoms with Crippen molar-refractivity contribution in [3.8, 4) is 17.1 Å². The highest BCUT2D eigenvalue weighted by molar-refractivity contribution is 5.59. The molecule has 0 spiro atoms. The van der Waals surface area contributed by atoms with E-state index in [1.807, 2.05) is 0 Å². The van der Waals surface area contributed by atoms with Gasteiger partial charge in [-0.1, -0.05) is 5.16 Å². The summed E-state index contributed by atoms with van der Waals surface area (Å²) in [5, 5.41) is 3.70. The summed E-state index contributed by atoms with van der Waals surface area (Å²) in [7, 11) is 1.49. The van der Waals surface area contributed by atoms with Crippen molar-refractivity contribution in [3.63, 3.8) is 0 Å². The molecule has 0 unspecified atom stereocenters. The quantitative estimate of drug-likeness (QED) is 0.759. The molecule has 2 aromatic rings. The van der Waals surface area contributed by atoms with Crippen LogP contribution in [-0.4, -0.2) is 12.3 Å². The maximum atomic E-state index is 13.6. The zero-order valence-electron chi connectivity index (χ0n) is 8.45. The van der Waals surface area contributed by atoms with Crippen molar-refractivity contribution in [1.29, 1.82) is 0 Å². The highest BCUT2D eigenvalue weighted by atomic mass is 19.1. The molecule has 1 heterocycles. The van der Waals surface area contributed by atoms with Gasteiger partial charge in [-0.3, -0.25) is 0 Å².